The molecule has 0 aliphatic carbocycles. The number of halogens is 4. The third-order valence-electron chi connectivity index (χ3n) is 3.63. The van der Waals surface area contributed by atoms with Gasteiger partial charge >= 0.3 is 0 Å². The number of hydrogen-bond acceptors (Lipinski definition) is 5. The molecule has 0 fully saturated rings. The Hall–Kier alpha value is -2.07. The predicted octanol–water partition coefficient (Wildman–Crippen LogP) is 6.85. The number of carbonyl (C=O) groups excluding carboxylic acids is 1. The standard InChI is InChI=1S/C18H10Br2Cl2N2O5/c19-12-6-10(24(26)27)7-13(20)17(12)23-18(25)16-4-2-11(29-16)8-28-15-3-1-9(21)5-14(15)22/h1-7H,8H2,(H,23,25). The second kappa shape index (κ2) is 9.17. The van der Waals surface area contributed by atoms with Gasteiger partial charge in [0, 0.05) is 26.1 Å². The fraction of sp³-hybridized carbons (Fsp3) is 0.0556. The van der Waals surface area contributed by atoms with Crippen LogP contribution >= 0.6 is 55.1 Å². The molecule has 150 valence electrons. The summed E-state index contributed by atoms with van der Waals surface area (Å²) in [6.07, 6.45) is 0. The Morgan fingerprint density at radius 2 is 1.83 bits per heavy atom. The molecular weight excluding hydrogens is 555 g/mol. The highest BCUT2D eigenvalue weighted by atomic mass is 79.9. The molecule has 0 saturated carbocycles. The topological polar surface area (TPSA) is 94.6 Å². The van der Waals surface area contributed by atoms with Gasteiger partial charge in [0.25, 0.3) is 11.6 Å². The lowest BCUT2D eigenvalue weighted by Crippen LogP contribution is -2.12. The highest BCUT2D eigenvalue weighted by Crippen LogP contribution is 2.35. The molecule has 0 aliphatic heterocycles. The average Bonchev–Trinajstić information content (AvgIpc) is 3.12. The highest BCUT2D eigenvalue weighted by molar-refractivity contribution is 9.11. The Morgan fingerprint density at radius 3 is 2.45 bits per heavy atom. The number of anilines is 1. The maximum atomic E-state index is 12.5. The molecule has 3 aromatic rings. The summed E-state index contributed by atoms with van der Waals surface area (Å²) in [5, 5.41) is 14.4. The zero-order valence-corrected chi connectivity index (χ0v) is 18.9. The van der Waals surface area contributed by atoms with Gasteiger partial charge in [-0.2, -0.15) is 0 Å². The first-order valence-corrected chi connectivity index (χ1v) is 10.2. The van der Waals surface area contributed by atoms with E-state index in [4.69, 9.17) is 32.4 Å². The van der Waals surface area contributed by atoms with E-state index in [1.54, 1.807) is 24.3 Å². The van der Waals surface area contributed by atoms with Crippen LogP contribution in [0, 0.1) is 10.1 Å². The summed E-state index contributed by atoms with van der Waals surface area (Å²) in [6.45, 7) is 0.0551. The smallest absolute Gasteiger partial charge is 0.291 e. The van der Waals surface area contributed by atoms with Crippen LogP contribution in [0.2, 0.25) is 10.0 Å². The van der Waals surface area contributed by atoms with Gasteiger partial charge in [-0.15, -0.1) is 0 Å². The lowest BCUT2D eigenvalue weighted by atomic mass is 10.2. The number of benzene rings is 2. The van der Waals surface area contributed by atoms with Gasteiger partial charge in [-0.3, -0.25) is 14.9 Å². The van der Waals surface area contributed by atoms with Crippen LogP contribution < -0.4 is 10.1 Å². The summed E-state index contributed by atoms with van der Waals surface area (Å²) in [4.78, 5) is 22.8. The third kappa shape index (κ3) is 5.30. The van der Waals surface area contributed by atoms with Gasteiger partial charge in [0.05, 0.1) is 15.6 Å². The van der Waals surface area contributed by atoms with Gasteiger partial charge in [0.15, 0.2) is 5.76 Å². The van der Waals surface area contributed by atoms with Crippen LogP contribution in [-0.4, -0.2) is 10.8 Å². The average molecular weight is 565 g/mol. The highest BCUT2D eigenvalue weighted by Gasteiger charge is 2.18. The van der Waals surface area contributed by atoms with Crippen molar-refractivity contribution in [3.8, 4) is 5.75 Å². The molecule has 0 aliphatic rings. The summed E-state index contributed by atoms with van der Waals surface area (Å²) in [6, 6.07) is 10.5. The third-order valence-corrected chi connectivity index (χ3v) is 5.41. The normalized spacial score (nSPS) is 10.6. The number of nitro benzene ring substituents is 1. The van der Waals surface area contributed by atoms with E-state index in [1.165, 1.54) is 18.2 Å². The Balaban J connectivity index is 1.69. The number of nitro groups is 1. The predicted molar refractivity (Wildman–Crippen MR) is 116 cm³/mol. The second-order valence-electron chi connectivity index (χ2n) is 5.63. The summed E-state index contributed by atoms with van der Waals surface area (Å²) < 4.78 is 11.8. The monoisotopic (exact) mass is 562 g/mol. The van der Waals surface area contributed by atoms with Crippen molar-refractivity contribution in [2.75, 3.05) is 5.32 Å². The van der Waals surface area contributed by atoms with E-state index in [9.17, 15) is 14.9 Å². The largest absolute Gasteiger partial charge is 0.484 e. The molecule has 0 bridgehead atoms. The Labute approximate surface area is 191 Å². The fourth-order valence-corrected chi connectivity index (χ4v) is 4.10. The number of nitrogens with one attached hydrogen (secondary N) is 1. The first kappa shape index (κ1) is 21.6. The van der Waals surface area contributed by atoms with Crippen LogP contribution in [-0.2, 0) is 6.61 Å². The summed E-state index contributed by atoms with van der Waals surface area (Å²) in [5.74, 6) is 0.346. The zero-order valence-electron chi connectivity index (χ0n) is 14.2. The Morgan fingerprint density at radius 1 is 1.14 bits per heavy atom. The van der Waals surface area contributed by atoms with Gasteiger partial charge in [-0.25, -0.2) is 0 Å². The van der Waals surface area contributed by atoms with Crippen LogP contribution in [0.1, 0.15) is 16.3 Å². The van der Waals surface area contributed by atoms with E-state index in [1.807, 2.05) is 0 Å². The number of non-ortho nitro benzene ring substituents is 1. The summed E-state index contributed by atoms with van der Waals surface area (Å²) in [5.41, 5.74) is 0.211. The number of hydrogen-bond donors (Lipinski definition) is 1. The molecule has 1 heterocycles. The second-order valence-corrected chi connectivity index (χ2v) is 8.18. The van der Waals surface area contributed by atoms with Gasteiger partial charge in [-0.05, 0) is 62.2 Å². The summed E-state index contributed by atoms with van der Waals surface area (Å²) in [7, 11) is 0. The lowest BCUT2D eigenvalue weighted by molar-refractivity contribution is -0.385. The molecular formula is C18H10Br2Cl2N2O5. The van der Waals surface area contributed by atoms with E-state index in [2.05, 4.69) is 37.2 Å². The maximum absolute atomic E-state index is 12.5. The van der Waals surface area contributed by atoms with E-state index in [0.29, 0.717) is 36.2 Å². The number of ether oxygens (including phenoxy) is 1. The van der Waals surface area contributed by atoms with Crippen LogP contribution in [0.4, 0.5) is 11.4 Å². The molecule has 1 aromatic heterocycles. The van der Waals surface area contributed by atoms with Crippen molar-refractivity contribution in [3.63, 3.8) is 0 Å². The van der Waals surface area contributed by atoms with E-state index < -0.39 is 10.8 Å². The minimum atomic E-state index is -0.535. The first-order valence-electron chi connectivity index (χ1n) is 7.86. The first-order chi connectivity index (χ1) is 13.7. The Kier molecular flexibility index (Phi) is 6.84. The van der Waals surface area contributed by atoms with E-state index >= 15 is 0 Å². The number of amides is 1. The van der Waals surface area contributed by atoms with Gasteiger partial charge in [0.2, 0.25) is 0 Å². The minimum Gasteiger partial charge on any atom is -0.484 e. The molecule has 3 rings (SSSR count). The van der Waals surface area contributed by atoms with Crippen LogP contribution in [0.25, 0.3) is 0 Å². The number of nitrogens with zero attached hydrogens (tertiary/aromatic N) is 1. The van der Waals surface area contributed by atoms with Crippen molar-refractivity contribution in [2.24, 2.45) is 0 Å². The minimum absolute atomic E-state index is 0.0444. The van der Waals surface area contributed by atoms with E-state index in [0.717, 1.165) is 0 Å². The fourth-order valence-electron chi connectivity index (χ4n) is 2.28. The molecule has 0 radical (unpaired) electrons. The number of rotatable bonds is 6. The van der Waals surface area contributed by atoms with Crippen molar-refractivity contribution in [2.45, 2.75) is 6.61 Å². The molecule has 1 N–H and O–H groups in total. The molecule has 2 aromatic carbocycles. The zero-order chi connectivity index (χ0) is 21.1. The van der Waals surface area contributed by atoms with Crippen molar-refractivity contribution in [1.29, 1.82) is 0 Å². The quantitative estimate of drug-likeness (QED) is 0.261. The van der Waals surface area contributed by atoms with Crippen molar-refractivity contribution < 1.29 is 18.9 Å². The molecule has 0 atom stereocenters. The molecule has 0 saturated heterocycles. The van der Waals surface area contributed by atoms with Gasteiger partial charge in [0.1, 0.15) is 18.1 Å². The van der Waals surface area contributed by atoms with E-state index in [-0.39, 0.29) is 18.1 Å². The lowest BCUT2D eigenvalue weighted by Gasteiger charge is -2.09. The van der Waals surface area contributed by atoms with Crippen molar-refractivity contribution in [3.05, 3.63) is 83.1 Å². The van der Waals surface area contributed by atoms with Crippen molar-refractivity contribution in [1.82, 2.24) is 0 Å². The number of carbonyl (C=O) groups is 1. The maximum Gasteiger partial charge on any atom is 0.291 e. The Bertz CT molecular complexity index is 1080. The molecule has 0 spiro atoms. The van der Waals surface area contributed by atoms with Gasteiger partial charge in [-0.1, -0.05) is 23.2 Å². The molecule has 29 heavy (non-hydrogen) atoms. The van der Waals surface area contributed by atoms with Gasteiger partial charge < -0.3 is 14.5 Å². The molecule has 11 heteroatoms. The number of furan rings is 1. The van der Waals surface area contributed by atoms with Crippen LogP contribution in [0.5, 0.6) is 5.75 Å². The molecule has 1 amide bonds. The van der Waals surface area contributed by atoms with Crippen LogP contribution in [0.15, 0.2) is 55.8 Å². The molecule has 7 nitrogen and oxygen atoms in total. The molecule has 0 unspecified atom stereocenters. The van der Waals surface area contributed by atoms with Crippen molar-refractivity contribution >= 4 is 72.3 Å². The SMILES string of the molecule is O=C(Nc1c(Br)cc([N+](=O)[O-])cc1Br)c1ccc(COc2ccc(Cl)cc2Cl)o1. The summed E-state index contributed by atoms with van der Waals surface area (Å²) >= 11 is 18.3. The van der Waals surface area contributed by atoms with Crippen LogP contribution in [0.3, 0.4) is 0 Å².